The maximum absolute atomic E-state index is 9.60. The van der Waals surface area contributed by atoms with Gasteiger partial charge < -0.3 is 14.5 Å². The first-order chi connectivity index (χ1) is 13.0. The lowest BCUT2D eigenvalue weighted by Gasteiger charge is -2.11. The number of allylic oxidation sites excluding steroid dienone is 1. The number of nitriles is 1. The second-order valence-electron chi connectivity index (χ2n) is 5.80. The van der Waals surface area contributed by atoms with E-state index in [9.17, 15) is 5.26 Å². The molecule has 0 amide bonds. The molecular weight excluding hydrogens is 362 g/mol. The molecule has 0 radical (unpaired) electrons. The van der Waals surface area contributed by atoms with Gasteiger partial charge in [-0.05, 0) is 48.4 Å². The first-order valence-corrected chi connectivity index (χ1v) is 8.46. The van der Waals surface area contributed by atoms with Crippen LogP contribution >= 0.6 is 11.6 Å². The van der Waals surface area contributed by atoms with Crippen LogP contribution in [0.15, 0.2) is 30.3 Å². The Bertz CT molecular complexity index is 1120. The standard InChI is InChI=1S/C21H16ClN3O2/c1-4-7-27-20-16(22)10-14(11-19(20)26-3)9-15(12-23)21-24-17-6-5-13(2)8-18(17)25-21/h1,5-6,8-11H,7H2,2-3H3,(H,24,25). The number of ether oxygens (including phenoxy) is 2. The van der Waals surface area contributed by atoms with Gasteiger partial charge in [-0.2, -0.15) is 5.26 Å². The number of fused-ring (bicyclic) bond motifs is 1. The maximum atomic E-state index is 9.60. The summed E-state index contributed by atoms with van der Waals surface area (Å²) in [6, 6.07) is 11.5. The number of aryl methyl sites for hydroxylation is 1. The third kappa shape index (κ3) is 3.89. The molecule has 6 heteroatoms. The first-order valence-electron chi connectivity index (χ1n) is 8.08. The van der Waals surface area contributed by atoms with Crippen molar-refractivity contribution in [3.63, 3.8) is 0 Å². The number of methoxy groups -OCH3 is 1. The van der Waals surface area contributed by atoms with Crippen molar-refractivity contribution >= 4 is 34.3 Å². The molecule has 3 aromatic rings. The highest BCUT2D eigenvalue weighted by molar-refractivity contribution is 6.32. The van der Waals surface area contributed by atoms with Crippen LogP contribution in [0.2, 0.25) is 5.02 Å². The summed E-state index contributed by atoms with van der Waals surface area (Å²) in [5.74, 6) is 3.67. The number of hydrogen-bond acceptors (Lipinski definition) is 4. The molecule has 0 aliphatic carbocycles. The molecule has 0 saturated heterocycles. The van der Waals surface area contributed by atoms with Crippen molar-refractivity contribution in [2.75, 3.05) is 13.7 Å². The van der Waals surface area contributed by atoms with Crippen LogP contribution in [-0.2, 0) is 0 Å². The molecule has 3 rings (SSSR count). The third-order valence-corrected chi connectivity index (χ3v) is 4.16. The van der Waals surface area contributed by atoms with Gasteiger partial charge in [-0.15, -0.1) is 6.42 Å². The van der Waals surface area contributed by atoms with E-state index in [1.807, 2.05) is 25.1 Å². The summed E-state index contributed by atoms with van der Waals surface area (Å²) in [5.41, 5.74) is 3.84. The highest BCUT2D eigenvalue weighted by atomic mass is 35.5. The Morgan fingerprint density at radius 2 is 2.19 bits per heavy atom. The molecule has 0 spiro atoms. The van der Waals surface area contributed by atoms with Gasteiger partial charge in [-0.3, -0.25) is 0 Å². The van der Waals surface area contributed by atoms with Crippen LogP contribution in [0.4, 0.5) is 0 Å². The van der Waals surface area contributed by atoms with Gasteiger partial charge in [0.05, 0.1) is 28.7 Å². The van der Waals surface area contributed by atoms with Crippen LogP contribution < -0.4 is 9.47 Å². The van der Waals surface area contributed by atoms with Crippen molar-refractivity contribution in [2.45, 2.75) is 6.92 Å². The van der Waals surface area contributed by atoms with E-state index in [1.54, 1.807) is 18.2 Å². The molecule has 2 aromatic carbocycles. The van der Waals surface area contributed by atoms with E-state index < -0.39 is 0 Å². The molecule has 1 aromatic heterocycles. The number of terminal acetylenes is 1. The molecule has 0 unspecified atom stereocenters. The number of aromatic amines is 1. The minimum absolute atomic E-state index is 0.0765. The van der Waals surface area contributed by atoms with Gasteiger partial charge in [0, 0.05) is 0 Å². The fourth-order valence-electron chi connectivity index (χ4n) is 2.65. The molecule has 27 heavy (non-hydrogen) atoms. The van der Waals surface area contributed by atoms with Crippen LogP contribution in [0, 0.1) is 30.6 Å². The number of halogens is 1. The SMILES string of the molecule is C#CCOc1c(Cl)cc(C=C(C#N)c2nc3ccc(C)cc3[nH]2)cc1OC. The minimum Gasteiger partial charge on any atom is -0.493 e. The van der Waals surface area contributed by atoms with E-state index in [2.05, 4.69) is 22.0 Å². The van der Waals surface area contributed by atoms with Crippen LogP contribution in [0.25, 0.3) is 22.7 Å². The van der Waals surface area contributed by atoms with Crippen molar-refractivity contribution < 1.29 is 9.47 Å². The van der Waals surface area contributed by atoms with Crippen molar-refractivity contribution in [2.24, 2.45) is 0 Å². The molecule has 0 fully saturated rings. The lowest BCUT2D eigenvalue weighted by atomic mass is 10.1. The van der Waals surface area contributed by atoms with Crippen LogP contribution in [0.1, 0.15) is 17.0 Å². The monoisotopic (exact) mass is 377 g/mol. The molecule has 0 aliphatic heterocycles. The van der Waals surface area contributed by atoms with Crippen LogP contribution in [0.3, 0.4) is 0 Å². The Hall–Kier alpha value is -3.41. The Morgan fingerprint density at radius 3 is 2.89 bits per heavy atom. The van der Waals surface area contributed by atoms with Gasteiger partial charge in [0.2, 0.25) is 0 Å². The second-order valence-corrected chi connectivity index (χ2v) is 6.21. The molecule has 5 nitrogen and oxygen atoms in total. The van der Waals surface area contributed by atoms with Crippen molar-refractivity contribution in [1.82, 2.24) is 9.97 Å². The van der Waals surface area contributed by atoms with Gasteiger partial charge in [0.1, 0.15) is 18.5 Å². The zero-order valence-corrected chi connectivity index (χ0v) is 15.6. The summed E-state index contributed by atoms with van der Waals surface area (Å²) in [6.45, 7) is 2.08. The Balaban J connectivity index is 2.03. The smallest absolute Gasteiger partial charge is 0.181 e. The summed E-state index contributed by atoms with van der Waals surface area (Å²) < 4.78 is 10.8. The predicted octanol–water partition coefficient (Wildman–Crippen LogP) is 4.61. The Labute approximate surface area is 162 Å². The molecule has 134 valence electrons. The van der Waals surface area contributed by atoms with Crippen molar-refractivity contribution in [3.8, 4) is 29.9 Å². The summed E-state index contributed by atoms with van der Waals surface area (Å²) in [4.78, 5) is 7.66. The number of hydrogen-bond donors (Lipinski definition) is 1. The van der Waals surface area contributed by atoms with Crippen molar-refractivity contribution in [1.29, 1.82) is 5.26 Å². The molecule has 1 heterocycles. The van der Waals surface area contributed by atoms with E-state index in [0.717, 1.165) is 16.6 Å². The highest BCUT2D eigenvalue weighted by Gasteiger charge is 2.13. The Morgan fingerprint density at radius 1 is 1.37 bits per heavy atom. The van der Waals surface area contributed by atoms with Gasteiger partial charge >= 0.3 is 0 Å². The predicted molar refractivity (Wildman–Crippen MR) is 107 cm³/mol. The number of benzene rings is 2. The lowest BCUT2D eigenvalue weighted by Crippen LogP contribution is -1.98. The first kappa shape index (κ1) is 18.4. The average molecular weight is 378 g/mol. The van der Waals surface area contributed by atoms with E-state index in [-0.39, 0.29) is 6.61 Å². The van der Waals surface area contributed by atoms with Crippen LogP contribution in [0.5, 0.6) is 11.5 Å². The maximum Gasteiger partial charge on any atom is 0.181 e. The van der Waals surface area contributed by atoms with Gasteiger partial charge in [0.15, 0.2) is 11.5 Å². The second kappa shape index (κ2) is 7.86. The topological polar surface area (TPSA) is 70.9 Å². The van der Waals surface area contributed by atoms with Gasteiger partial charge in [-0.25, -0.2) is 4.98 Å². The summed E-state index contributed by atoms with van der Waals surface area (Å²) >= 11 is 6.29. The molecular formula is C21H16ClN3O2. The summed E-state index contributed by atoms with van der Waals surface area (Å²) in [5, 5.41) is 9.94. The highest BCUT2D eigenvalue weighted by Crippen LogP contribution is 2.37. The number of H-pyrrole nitrogens is 1. The fourth-order valence-corrected chi connectivity index (χ4v) is 2.92. The number of imidazole rings is 1. The van der Waals surface area contributed by atoms with Crippen molar-refractivity contribution in [3.05, 3.63) is 52.3 Å². The summed E-state index contributed by atoms with van der Waals surface area (Å²) in [6.07, 6.45) is 6.91. The molecule has 0 atom stereocenters. The molecule has 0 saturated carbocycles. The minimum atomic E-state index is 0.0765. The number of nitrogens with zero attached hydrogens (tertiary/aromatic N) is 2. The normalized spacial score (nSPS) is 11.1. The third-order valence-electron chi connectivity index (χ3n) is 3.88. The molecule has 0 bridgehead atoms. The van der Waals surface area contributed by atoms with E-state index >= 15 is 0 Å². The molecule has 0 aliphatic rings. The lowest BCUT2D eigenvalue weighted by molar-refractivity contribution is 0.331. The molecule has 1 N–H and O–H groups in total. The van der Waals surface area contributed by atoms with E-state index in [4.69, 9.17) is 27.5 Å². The van der Waals surface area contributed by atoms with Crippen LogP contribution in [-0.4, -0.2) is 23.7 Å². The zero-order valence-electron chi connectivity index (χ0n) is 14.8. The van der Waals surface area contributed by atoms with E-state index in [0.29, 0.717) is 33.5 Å². The largest absolute Gasteiger partial charge is 0.493 e. The summed E-state index contributed by atoms with van der Waals surface area (Å²) in [7, 11) is 1.51. The zero-order chi connectivity index (χ0) is 19.4. The average Bonchev–Trinajstić information content (AvgIpc) is 3.07. The fraction of sp³-hybridized carbons (Fsp3) is 0.143. The number of nitrogens with one attached hydrogen (secondary N) is 1. The van der Waals surface area contributed by atoms with E-state index in [1.165, 1.54) is 7.11 Å². The Kier molecular flexibility index (Phi) is 5.35. The van der Waals surface area contributed by atoms with Gasteiger partial charge in [-0.1, -0.05) is 23.6 Å². The van der Waals surface area contributed by atoms with Gasteiger partial charge in [0.25, 0.3) is 0 Å². The number of aromatic nitrogens is 2. The number of rotatable bonds is 5. The quantitative estimate of drug-likeness (QED) is 0.520.